The maximum atomic E-state index is 5.90. The molecule has 0 unspecified atom stereocenters. The van der Waals surface area contributed by atoms with E-state index in [0.29, 0.717) is 10.0 Å². The fourth-order valence-electron chi connectivity index (χ4n) is 1.44. The molecule has 1 fully saturated rings. The number of terminal acetylenes is 1. The highest BCUT2D eigenvalue weighted by Gasteiger charge is 2.42. The van der Waals surface area contributed by atoms with E-state index in [1.54, 1.807) is 6.07 Å². The summed E-state index contributed by atoms with van der Waals surface area (Å²) >= 11 is 11.7. The Hall–Kier alpha value is -0.640. The monoisotopic (exact) mass is 210 g/mol. The molecule has 2 heteroatoms. The van der Waals surface area contributed by atoms with Crippen LogP contribution in [0.5, 0.6) is 0 Å². The van der Waals surface area contributed by atoms with Crippen LogP contribution in [0.4, 0.5) is 0 Å². The largest absolute Gasteiger partial charge is 0.119 e. The molecule has 0 aromatic heterocycles. The average Bonchev–Trinajstić information content (AvgIpc) is 2.90. The summed E-state index contributed by atoms with van der Waals surface area (Å²) in [5.41, 5.74) is 1.07. The highest BCUT2D eigenvalue weighted by Crippen LogP contribution is 2.48. The first-order chi connectivity index (χ1) is 6.18. The van der Waals surface area contributed by atoms with E-state index in [-0.39, 0.29) is 5.41 Å². The maximum absolute atomic E-state index is 5.90. The molecule has 0 atom stereocenters. The summed E-state index contributed by atoms with van der Waals surface area (Å²) < 4.78 is 0. The third-order valence-electron chi connectivity index (χ3n) is 2.50. The van der Waals surface area contributed by atoms with Crippen molar-refractivity contribution in [3.05, 3.63) is 33.8 Å². The van der Waals surface area contributed by atoms with Gasteiger partial charge in [-0.1, -0.05) is 35.2 Å². The average molecular weight is 211 g/mol. The molecule has 1 aliphatic rings. The fourth-order valence-corrected chi connectivity index (χ4v) is 1.73. The molecule has 1 aliphatic carbocycles. The van der Waals surface area contributed by atoms with Crippen LogP contribution >= 0.6 is 23.2 Å². The van der Waals surface area contributed by atoms with Gasteiger partial charge in [-0.15, -0.1) is 6.42 Å². The quantitative estimate of drug-likeness (QED) is 0.622. The Morgan fingerprint density at radius 2 is 1.92 bits per heavy atom. The first kappa shape index (κ1) is 8.94. The van der Waals surface area contributed by atoms with E-state index in [0.717, 1.165) is 18.4 Å². The van der Waals surface area contributed by atoms with Crippen molar-refractivity contribution in [1.29, 1.82) is 0 Å². The summed E-state index contributed by atoms with van der Waals surface area (Å²) in [5.74, 6) is 2.81. The van der Waals surface area contributed by atoms with Crippen molar-refractivity contribution in [1.82, 2.24) is 0 Å². The van der Waals surface area contributed by atoms with Crippen LogP contribution < -0.4 is 0 Å². The molecule has 0 aliphatic heterocycles. The van der Waals surface area contributed by atoms with Crippen LogP contribution in [0.15, 0.2) is 18.2 Å². The molecular weight excluding hydrogens is 203 g/mol. The molecule has 0 nitrogen and oxygen atoms in total. The molecule has 0 heterocycles. The molecule has 13 heavy (non-hydrogen) atoms. The van der Waals surface area contributed by atoms with Crippen LogP contribution in [0.2, 0.25) is 10.0 Å². The molecular formula is C11H8Cl2. The molecule has 1 aromatic carbocycles. The lowest BCUT2D eigenvalue weighted by Gasteiger charge is -2.08. The molecule has 1 aromatic rings. The lowest BCUT2D eigenvalue weighted by Crippen LogP contribution is -2.01. The van der Waals surface area contributed by atoms with Crippen LogP contribution in [0.3, 0.4) is 0 Å². The summed E-state index contributed by atoms with van der Waals surface area (Å²) in [6.45, 7) is 0. The molecule has 0 radical (unpaired) electrons. The van der Waals surface area contributed by atoms with Gasteiger partial charge in [-0.05, 0) is 30.5 Å². The third-order valence-corrected chi connectivity index (χ3v) is 3.24. The van der Waals surface area contributed by atoms with E-state index in [9.17, 15) is 0 Å². The second kappa shape index (κ2) is 2.94. The van der Waals surface area contributed by atoms with E-state index >= 15 is 0 Å². The van der Waals surface area contributed by atoms with Crippen molar-refractivity contribution in [2.24, 2.45) is 0 Å². The molecule has 0 N–H and O–H groups in total. The zero-order chi connectivity index (χ0) is 9.47. The van der Waals surface area contributed by atoms with Gasteiger partial charge in [-0.2, -0.15) is 0 Å². The molecule has 2 rings (SSSR count). The summed E-state index contributed by atoms with van der Waals surface area (Å²) in [5, 5.41) is 1.17. The van der Waals surface area contributed by atoms with Gasteiger partial charge < -0.3 is 0 Å². The normalized spacial score (nSPS) is 17.9. The molecule has 66 valence electrons. The van der Waals surface area contributed by atoms with Crippen molar-refractivity contribution >= 4 is 23.2 Å². The van der Waals surface area contributed by atoms with Crippen LogP contribution in [0.1, 0.15) is 18.4 Å². The Balaban J connectivity index is 2.44. The van der Waals surface area contributed by atoms with E-state index < -0.39 is 0 Å². The first-order valence-electron chi connectivity index (χ1n) is 4.11. The summed E-state index contributed by atoms with van der Waals surface area (Å²) in [4.78, 5) is 0. The number of halogens is 2. The van der Waals surface area contributed by atoms with Crippen LogP contribution in [-0.4, -0.2) is 0 Å². The standard InChI is InChI=1S/C11H8Cl2/c1-2-11(5-6-11)8-3-4-9(12)10(13)7-8/h1,3-4,7H,5-6H2. The van der Waals surface area contributed by atoms with Gasteiger partial charge in [0.2, 0.25) is 0 Å². The lowest BCUT2D eigenvalue weighted by molar-refractivity contribution is 0.931. The second-order valence-electron chi connectivity index (χ2n) is 3.36. The van der Waals surface area contributed by atoms with Gasteiger partial charge >= 0.3 is 0 Å². The molecule has 0 saturated heterocycles. The zero-order valence-corrected chi connectivity index (χ0v) is 8.49. The fraction of sp³-hybridized carbons (Fsp3) is 0.273. The molecule has 0 bridgehead atoms. The van der Waals surface area contributed by atoms with Crippen LogP contribution in [-0.2, 0) is 5.41 Å². The maximum Gasteiger partial charge on any atom is 0.0595 e. The van der Waals surface area contributed by atoms with E-state index in [4.69, 9.17) is 29.6 Å². The predicted octanol–water partition coefficient (Wildman–Crippen LogP) is 3.66. The van der Waals surface area contributed by atoms with Crippen LogP contribution in [0, 0.1) is 12.3 Å². The summed E-state index contributed by atoms with van der Waals surface area (Å²) in [7, 11) is 0. The predicted molar refractivity (Wildman–Crippen MR) is 56.2 cm³/mol. The minimum atomic E-state index is -0.0474. The van der Waals surface area contributed by atoms with Gasteiger partial charge in [0.05, 0.1) is 15.5 Å². The van der Waals surface area contributed by atoms with E-state index in [1.165, 1.54) is 0 Å². The summed E-state index contributed by atoms with van der Waals surface area (Å²) in [6, 6.07) is 5.63. The van der Waals surface area contributed by atoms with Crippen molar-refractivity contribution < 1.29 is 0 Å². The SMILES string of the molecule is C#CC1(c2ccc(Cl)c(Cl)c2)CC1. The van der Waals surface area contributed by atoms with Gasteiger partial charge in [0.25, 0.3) is 0 Å². The number of hydrogen-bond donors (Lipinski definition) is 0. The van der Waals surface area contributed by atoms with Gasteiger partial charge in [0, 0.05) is 0 Å². The Morgan fingerprint density at radius 1 is 1.23 bits per heavy atom. The zero-order valence-electron chi connectivity index (χ0n) is 6.98. The van der Waals surface area contributed by atoms with E-state index in [1.807, 2.05) is 12.1 Å². The minimum absolute atomic E-state index is 0.0474. The Labute approximate surface area is 87.9 Å². The number of hydrogen-bond acceptors (Lipinski definition) is 0. The van der Waals surface area contributed by atoms with Gasteiger partial charge in [-0.3, -0.25) is 0 Å². The Kier molecular flexibility index (Phi) is 2.02. The van der Waals surface area contributed by atoms with Crippen molar-refractivity contribution in [2.45, 2.75) is 18.3 Å². The first-order valence-corrected chi connectivity index (χ1v) is 4.87. The summed E-state index contributed by atoms with van der Waals surface area (Å²) in [6.07, 6.45) is 7.58. The van der Waals surface area contributed by atoms with Crippen molar-refractivity contribution in [3.63, 3.8) is 0 Å². The van der Waals surface area contributed by atoms with Gasteiger partial charge in [-0.25, -0.2) is 0 Å². The molecule has 0 spiro atoms. The highest BCUT2D eigenvalue weighted by molar-refractivity contribution is 6.42. The lowest BCUT2D eigenvalue weighted by atomic mass is 9.97. The smallest absolute Gasteiger partial charge is 0.0595 e. The topological polar surface area (TPSA) is 0 Å². The van der Waals surface area contributed by atoms with Crippen LogP contribution in [0.25, 0.3) is 0 Å². The number of rotatable bonds is 1. The van der Waals surface area contributed by atoms with E-state index in [2.05, 4.69) is 5.92 Å². The van der Waals surface area contributed by atoms with Gasteiger partial charge in [0.15, 0.2) is 0 Å². The van der Waals surface area contributed by atoms with Gasteiger partial charge in [0.1, 0.15) is 0 Å². The number of benzene rings is 1. The Bertz CT molecular complexity index is 384. The molecule has 0 amide bonds. The van der Waals surface area contributed by atoms with Crippen molar-refractivity contribution in [2.75, 3.05) is 0 Å². The Morgan fingerprint density at radius 3 is 2.38 bits per heavy atom. The molecule has 1 saturated carbocycles. The highest BCUT2D eigenvalue weighted by atomic mass is 35.5. The minimum Gasteiger partial charge on any atom is -0.119 e. The third kappa shape index (κ3) is 1.43. The second-order valence-corrected chi connectivity index (χ2v) is 4.17. The van der Waals surface area contributed by atoms with Crippen molar-refractivity contribution in [3.8, 4) is 12.3 Å².